The standard InChI is InChI=1S/C55H95N2O6P/c1-6-8-10-12-14-16-18-20-22-24-26-27-28-29-31-33-35-37-39-41-43-45-47-49-55(59)56-53(52-63-64(60,61)62-51-50-57(3,4)5)54(58)48-46-44-42-40-38-36-34-32-30-25-23-21-19-17-15-13-11-9-7-2/h8,10,14,16,20,22,26-27,29-32,35,37-38,40,46,48,53-54,58H,6-7,9,11-13,15,17-19,21,23-25,28,33-34,36,39,41-45,47,49-52H2,1-5H3,(H-,56,59,60,61)/p+1/b10-8-,16-14-,22-20-,27-26-,31-29-,32-30+,37-35-,40-38+,48-46+. The molecule has 0 aromatic heterocycles. The molecule has 9 heteroatoms. The molecule has 3 unspecified atom stereocenters. The van der Waals surface area contributed by atoms with Crippen molar-refractivity contribution < 1.29 is 32.9 Å². The average molecular weight is 912 g/mol. The molecular formula is C55H96N2O6P+. The molecule has 0 fully saturated rings. The van der Waals surface area contributed by atoms with E-state index in [2.05, 4.69) is 116 Å². The number of rotatable bonds is 44. The Bertz CT molecular complexity index is 1400. The lowest BCUT2D eigenvalue weighted by atomic mass is 10.1. The topological polar surface area (TPSA) is 105 Å². The molecule has 0 spiro atoms. The van der Waals surface area contributed by atoms with Crippen LogP contribution in [0.4, 0.5) is 0 Å². The first kappa shape index (κ1) is 61.2. The van der Waals surface area contributed by atoms with E-state index in [9.17, 15) is 19.4 Å². The fourth-order valence-electron chi connectivity index (χ4n) is 6.49. The van der Waals surface area contributed by atoms with Gasteiger partial charge in [-0.15, -0.1) is 0 Å². The summed E-state index contributed by atoms with van der Waals surface area (Å²) in [6, 6.07) is -0.891. The lowest BCUT2D eigenvalue weighted by Crippen LogP contribution is -2.45. The van der Waals surface area contributed by atoms with Crippen LogP contribution in [0.5, 0.6) is 0 Å². The molecule has 1 amide bonds. The lowest BCUT2D eigenvalue weighted by Gasteiger charge is -2.25. The molecular weight excluding hydrogens is 816 g/mol. The first-order valence-electron chi connectivity index (χ1n) is 25.3. The number of phosphoric ester groups is 1. The maximum absolute atomic E-state index is 12.9. The molecule has 0 aliphatic carbocycles. The highest BCUT2D eigenvalue weighted by Gasteiger charge is 2.27. The van der Waals surface area contributed by atoms with E-state index < -0.39 is 20.0 Å². The van der Waals surface area contributed by atoms with Crippen molar-refractivity contribution in [1.29, 1.82) is 0 Å². The number of carbonyl (C=O) groups excluding carboxylic acids is 1. The van der Waals surface area contributed by atoms with Gasteiger partial charge in [0.05, 0.1) is 39.9 Å². The van der Waals surface area contributed by atoms with Gasteiger partial charge in [-0.05, 0) is 96.3 Å². The molecule has 0 aliphatic heterocycles. The van der Waals surface area contributed by atoms with Gasteiger partial charge in [0.1, 0.15) is 13.2 Å². The number of unbranched alkanes of at least 4 members (excludes halogenated alkanes) is 15. The summed E-state index contributed by atoms with van der Waals surface area (Å²) in [6.45, 7) is 4.63. The van der Waals surface area contributed by atoms with Crippen molar-refractivity contribution in [2.24, 2.45) is 0 Å². The van der Waals surface area contributed by atoms with E-state index in [-0.39, 0.29) is 19.1 Å². The average Bonchev–Trinajstić information content (AvgIpc) is 3.25. The maximum Gasteiger partial charge on any atom is 0.472 e. The highest BCUT2D eigenvalue weighted by Crippen LogP contribution is 2.43. The number of quaternary nitrogens is 1. The zero-order valence-electron chi connectivity index (χ0n) is 41.5. The Hall–Kier alpha value is -2.84. The summed E-state index contributed by atoms with van der Waals surface area (Å²) in [4.78, 5) is 23.2. The van der Waals surface area contributed by atoms with Gasteiger partial charge >= 0.3 is 7.82 Å². The Morgan fingerprint density at radius 3 is 1.44 bits per heavy atom. The van der Waals surface area contributed by atoms with Crippen LogP contribution in [0.15, 0.2) is 109 Å². The second kappa shape index (κ2) is 45.3. The van der Waals surface area contributed by atoms with Gasteiger partial charge < -0.3 is 19.8 Å². The van der Waals surface area contributed by atoms with Gasteiger partial charge in [0.25, 0.3) is 0 Å². The van der Waals surface area contributed by atoms with Crippen LogP contribution in [0.25, 0.3) is 0 Å². The fraction of sp³-hybridized carbons (Fsp3) is 0.655. The number of allylic oxidation sites excluding steroid dienone is 17. The van der Waals surface area contributed by atoms with E-state index in [4.69, 9.17) is 9.05 Å². The van der Waals surface area contributed by atoms with Gasteiger partial charge in [-0.3, -0.25) is 13.8 Å². The largest absolute Gasteiger partial charge is 0.472 e. The van der Waals surface area contributed by atoms with Crippen LogP contribution in [-0.2, 0) is 18.4 Å². The van der Waals surface area contributed by atoms with Crippen LogP contribution in [0.1, 0.15) is 181 Å². The number of hydrogen-bond acceptors (Lipinski definition) is 5. The quantitative estimate of drug-likeness (QED) is 0.0243. The molecule has 8 nitrogen and oxygen atoms in total. The van der Waals surface area contributed by atoms with E-state index in [1.54, 1.807) is 6.08 Å². The summed E-state index contributed by atoms with van der Waals surface area (Å²) in [5.74, 6) is -0.220. The minimum Gasteiger partial charge on any atom is -0.387 e. The third-order valence-corrected chi connectivity index (χ3v) is 11.4. The molecule has 0 aromatic rings. The van der Waals surface area contributed by atoms with Gasteiger partial charge in [0, 0.05) is 6.42 Å². The normalized spacial score (nSPS) is 15.0. The number of aliphatic hydroxyl groups excluding tert-OH is 1. The summed E-state index contributed by atoms with van der Waals surface area (Å²) >= 11 is 0. The van der Waals surface area contributed by atoms with E-state index in [0.29, 0.717) is 17.4 Å². The van der Waals surface area contributed by atoms with Crippen molar-refractivity contribution in [2.75, 3.05) is 40.9 Å². The Morgan fingerprint density at radius 2 is 0.953 bits per heavy atom. The number of aliphatic hydroxyl groups is 1. The monoisotopic (exact) mass is 912 g/mol. The van der Waals surface area contributed by atoms with Gasteiger partial charge in [0.2, 0.25) is 5.91 Å². The summed E-state index contributed by atoms with van der Waals surface area (Å²) < 4.78 is 23.6. The summed E-state index contributed by atoms with van der Waals surface area (Å²) in [5, 5.41) is 13.8. The van der Waals surface area contributed by atoms with Crippen molar-refractivity contribution in [3.63, 3.8) is 0 Å². The van der Waals surface area contributed by atoms with Gasteiger partial charge in [-0.1, -0.05) is 187 Å². The molecule has 0 saturated carbocycles. The molecule has 0 heterocycles. The Labute approximate surface area is 393 Å². The van der Waals surface area contributed by atoms with Gasteiger partial charge in [0.15, 0.2) is 0 Å². The molecule has 0 aromatic carbocycles. The molecule has 64 heavy (non-hydrogen) atoms. The van der Waals surface area contributed by atoms with Crippen LogP contribution in [0.2, 0.25) is 0 Å². The first-order chi connectivity index (χ1) is 31.0. The molecule has 0 saturated heterocycles. The number of nitrogens with one attached hydrogen (secondary N) is 1. The SMILES string of the molecule is CC/C=C\C/C=C\C/C=C\C/C=C\C/C=C\C/C=C\CCCCCCC(=O)NC(COP(=O)(O)OCC[N+](C)(C)C)C(O)/C=C/CC/C=C/CC/C=C/CCCCCCCCCCC. The van der Waals surface area contributed by atoms with Crippen molar-refractivity contribution in [3.8, 4) is 0 Å². The zero-order chi connectivity index (χ0) is 47.1. The molecule has 0 aliphatic rings. The van der Waals surface area contributed by atoms with Crippen LogP contribution < -0.4 is 5.32 Å². The van der Waals surface area contributed by atoms with Crippen molar-refractivity contribution in [3.05, 3.63) is 109 Å². The van der Waals surface area contributed by atoms with Crippen molar-refractivity contribution in [2.45, 2.75) is 193 Å². The molecule has 3 atom stereocenters. The third kappa shape index (κ3) is 47.1. The lowest BCUT2D eigenvalue weighted by molar-refractivity contribution is -0.870. The summed E-state index contributed by atoms with van der Waals surface area (Å²) in [5.41, 5.74) is 0. The number of nitrogens with zero attached hydrogens (tertiary/aromatic N) is 1. The molecule has 0 bridgehead atoms. The molecule has 366 valence electrons. The summed E-state index contributed by atoms with van der Waals surface area (Å²) in [7, 11) is 1.51. The molecule has 0 rings (SSSR count). The number of amides is 1. The third-order valence-electron chi connectivity index (χ3n) is 10.5. The molecule has 3 N–H and O–H groups in total. The van der Waals surface area contributed by atoms with Crippen LogP contribution in [0.3, 0.4) is 0 Å². The van der Waals surface area contributed by atoms with Crippen molar-refractivity contribution >= 4 is 13.7 Å². The Balaban J connectivity index is 4.49. The predicted molar refractivity (Wildman–Crippen MR) is 276 cm³/mol. The Morgan fingerprint density at radius 1 is 0.547 bits per heavy atom. The minimum absolute atomic E-state index is 0.0417. The van der Waals surface area contributed by atoms with Crippen molar-refractivity contribution in [1.82, 2.24) is 5.32 Å². The highest BCUT2D eigenvalue weighted by molar-refractivity contribution is 7.47. The highest BCUT2D eigenvalue weighted by atomic mass is 31.2. The second-order valence-corrected chi connectivity index (χ2v) is 19.2. The number of carbonyl (C=O) groups is 1. The fourth-order valence-corrected chi connectivity index (χ4v) is 7.22. The smallest absolute Gasteiger partial charge is 0.387 e. The molecule has 0 radical (unpaired) electrons. The van der Waals surface area contributed by atoms with E-state index in [1.165, 1.54) is 64.2 Å². The number of phosphoric acid groups is 1. The zero-order valence-corrected chi connectivity index (χ0v) is 42.4. The predicted octanol–water partition coefficient (Wildman–Crippen LogP) is 14.9. The van der Waals surface area contributed by atoms with E-state index in [0.717, 1.165) is 96.3 Å². The van der Waals surface area contributed by atoms with Crippen LogP contribution >= 0.6 is 7.82 Å². The number of likely N-dealkylation sites (N-methyl/N-ethyl adjacent to an activating group) is 1. The second-order valence-electron chi connectivity index (χ2n) is 17.8. The van der Waals surface area contributed by atoms with E-state index in [1.807, 2.05) is 27.2 Å². The van der Waals surface area contributed by atoms with Gasteiger partial charge in [-0.2, -0.15) is 0 Å². The first-order valence-corrected chi connectivity index (χ1v) is 26.8. The maximum atomic E-state index is 12.9. The van der Waals surface area contributed by atoms with Crippen LogP contribution in [-0.4, -0.2) is 73.4 Å². The van der Waals surface area contributed by atoms with Crippen LogP contribution in [0, 0.1) is 0 Å². The minimum atomic E-state index is -4.37. The number of hydrogen-bond donors (Lipinski definition) is 3. The van der Waals surface area contributed by atoms with Gasteiger partial charge in [-0.25, -0.2) is 4.57 Å². The van der Waals surface area contributed by atoms with E-state index >= 15 is 0 Å². The Kier molecular flexibility index (Phi) is 43.3. The summed E-state index contributed by atoms with van der Waals surface area (Å²) in [6.07, 6.45) is 66.0.